The first-order valence-corrected chi connectivity index (χ1v) is 7.12. The normalized spacial score (nSPS) is 15.5. The number of rotatable bonds is 6. The molecule has 22 heavy (non-hydrogen) atoms. The van der Waals surface area contributed by atoms with Crippen molar-refractivity contribution in [3.8, 4) is 11.5 Å². The van der Waals surface area contributed by atoms with Crippen LogP contribution in [0.5, 0.6) is 11.5 Å². The second-order valence-electron chi connectivity index (χ2n) is 4.48. The molecule has 0 spiro atoms. The van der Waals surface area contributed by atoms with Gasteiger partial charge < -0.3 is 14.3 Å². The maximum absolute atomic E-state index is 11.6. The average molecular weight is 322 g/mol. The minimum atomic E-state index is -0.487. The first-order valence-electron chi connectivity index (χ1n) is 6.74. The highest BCUT2D eigenvalue weighted by Gasteiger charge is 2.22. The number of nitrogens with zero attached hydrogens (tertiary/aromatic N) is 1. The predicted molar refractivity (Wildman–Crippen MR) is 85.5 cm³/mol. The SMILES string of the molecule is C=CCOc1c(Cl)cc(/C=C2\C(=O)ON=C2C)cc1OCC. The third-order valence-corrected chi connectivity index (χ3v) is 3.14. The van der Waals surface area contributed by atoms with E-state index in [1.54, 1.807) is 31.2 Å². The summed E-state index contributed by atoms with van der Waals surface area (Å²) in [4.78, 5) is 16.2. The molecule has 0 unspecified atom stereocenters. The second-order valence-corrected chi connectivity index (χ2v) is 4.88. The lowest BCUT2D eigenvalue weighted by atomic mass is 10.1. The minimum Gasteiger partial charge on any atom is -0.490 e. The third kappa shape index (κ3) is 3.49. The van der Waals surface area contributed by atoms with E-state index < -0.39 is 5.97 Å². The highest BCUT2D eigenvalue weighted by molar-refractivity contribution is 6.32. The molecule has 116 valence electrons. The van der Waals surface area contributed by atoms with Crippen molar-refractivity contribution < 1.29 is 19.1 Å². The van der Waals surface area contributed by atoms with Gasteiger partial charge in [0.2, 0.25) is 0 Å². The number of benzene rings is 1. The molecular formula is C16H16ClNO4. The van der Waals surface area contributed by atoms with Gasteiger partial charge >= 0.3 is 5.97 Å². The van der Waals surface area contributed by atoms with Gasteiger partial charge in [-0.3, -0.25) is 0 Å². The molecule has 1 aliphatic heterocycles. The fourth-order valence-corrected chi connectivity index (χ4v) is 2.18. The second kappa shape index (κ2) is 7.13. The summed E-state index contributed by atoms with van der Waals surface area (Å²) in [5.41, 5.74) is 1.60. The molecule has 0 amide bonds. The predicted octanol–water partition coefficient (Wildman–Crippen LogP) is 3.62. The van der Waals surface area contributed by atoms with E-state index in [4.69, 9.17) is 21.1 Å². The fraction of sp³-hybridized carbons (Fsp3) is 0.250. The number of carbonyl (C=O) groups excluding carboxylic acids is 1. The molecule has 0 aliphatic carbocycles. The Bertz CT molecular complexity index is 664. The van der Waals surface area contributed by atoms with Gasteiger partial charge in [-0.15, -0.1) is 0 Å². The Labute approximate surface area is 133 Å². The molecular weight excluding hydrogens is 306 g/mol. The molecule has 1 aromatic rings. The molecule has 5 nitrogen and oxygen atoms in total. The summed E-state index contributed by atoms with van der Waals surface area (Å²) in [5.74, 6) is 0.466. The van der Waals surface area contributed by atoms with Crippen LogP contribution < -0.4 is 9.47 Å². The number of carbonyl (C=O) groups is 1. The van der Waals surface area contributed by atoms with Crippen molar-refractivity contribution in [2.45, 2.75) is 13.8 Å². The van der Waals surface area contributed by atoms with Gasteiger partial charge in [0.15, 0.2) is 11.5 Å². The van der Waals surface area contributed by atoms with Gasteiger partial charge in [0.1, 0.15) is 6.61 Å². The Balaban J connectivity index is 2.41. The van der Waals surface area contributed by atoms with Crippen molar-refractivity contribution in [3.05, 3.63) is 40.9 Å². The molecule has 0 saturated carbocycles. The van der Waals surface area contributed by atoms with Crippen LogP contribution in [0, 0.1) is 0 Å². The number of ether oxygens (including phenoxy) is 2. The van der Waals surface area contributed by atoms with Gasteiger partial charge in [-0.25, -0.2) is 4.79 Å². The fourth-order valence-electron chi connectivity index (χ4n) is 1.90. The van der Waals surface area contributed by atoms with Crippen LogP contribution in [-0.2, 0) is 9.63 Å². The van der Waals surface area contributed by atoms with E-state index in [0.29, 0.717) is 46.6 Å². The van der Waals surface area contributed by atoms with E-state index in [2.05, 4.69) is 16.6 Å². The Morgan fingerprint density at radius 1 is 1.41 bits per heavy atom. The van der Waals surface area contributed by atoms with Crippen LogP contribution in [-0.4, -0.2) is 24.9 Å². The van der Waals surface area contributed by atoms with Crippen molar-refractivity contribution in [3.63, 3.8) is 0 Å². The summed E-state index contributed by atoms with van der Waals surface area (Å²) in [7, 11) is 0. The average Bonchev–Trinajstić information content (AvgIpc) is 2.79. The van der Waals surface area contributed by atoms with Crippen molar-refractivity contribution in [1.29, 1.82) is 0 Å². The van der Waals surface area contributed by atoms with Crippen LogP contribution in [0.25, 0.3) is 6.08 Å². The van der Waals surface area contributed by atoms with Gasteiger partial charge in [-0.05, 0) is 37.6 Å². The number of hydrogen-bond acceptors (Lipinski definition) is 5. The van der Waals surface area contributed by atoms with Gasteiger partial charge in [0.05, 0.1) is 22.9 Å². The molecule has 0 radical (unpaired) electrons. The van der Waals surface area contributed by atoms with Crippen molar-refractivity contribution >= 4 is 29.4 Å². The topological polar surface area (TPSA) is 57.1 Å². The molecule has 0 atom stereocenters. The maximum Gasteiger partial charge on any atom is 0.367 e. The van der Waals surface area contributed by atoms with Crippen LogP contribution >= 0.6 is 11.6 Å². The van der Waals surface area contributed by atoms with E-state index in [9.17, 15) is 4.79 Å². The summed E-state index contributed by atoms with van der Waals surface area (Å²) in [5, 5.41) is 4.02. The molecule has 0 fully saturated rings. The van der Waals surface area contributed by atoms with Crippen molar-refractivity contribution in [2.24, 2.45) is 5.16 Å². The quantitative estimate of drug-likeness (QED) is 0.456. The molecule has 1 heterocycles. The van der Waals surface area contributed by atoms with Gasteiger partial charge in [0.25, 0.3) is 0 Å². The van der Waals surface area contributed by atoms with Gasteiger partial charge in [0, 0.05) is 0 Å². The van der Waals surface area contributed by atoms with E-state index in [1.165, 1.54) is 0 Å². The monoisotopic (exact) mass is 321 g/mol. The molecule has 1 aromatic carbocycles. The lowest BCUT2D eigenvalue weighted by Gasteiger charge is -2.13. The maximum atomic E-state index is 11.6. The number of hydrogen-bond donors (Lipinski definition) is 0. The molecule has 6 heteroatoms. The molecule has 0 N–H and O–H groups in total. The largest absolute Gasteiger partial charge is 0.490 e. The third-order valence-electron chi connectivity index (χ3n) is 2.86. The zero-order valence-electron chi connectivity index (χ0n) is 12.4. The number of oxime groups is 1. The number of halogens is 1. The standard InChI is InChI=1S/C16H16ClNO4/c1-4-6-21-15-13(17)8-11(9-14(15)20-5-2)7-12-10(3)18-22-16(12)19/h4,7-9H,1,5-6H2,2-3H3/b12-7-. The molecule has 2 rings (SSSR count). The van der Waals surface area contributed by atoms with Gasteiger partial charge in [-0.1, -0.05) is 29.4 Å². The molecule has 0 saturated heterocycles. The molecule has 0 aromatic heterocycles. The Hall–Kier alpha value is -2.27. The summed E-state index contributed by atoms with van der Waals surface area (Å²) in [6.07, 6.45) is 3.27. The zero-order valence-corrected chi connectivity index (χ0v) is 13.1. The van der Waals surface area contributed by atoms with Crippen LogP contribution in [0.4, 0.5) is 0 Å². The summed E-state index contributed by atoms with van der Waals surface area (Å²) in [6, 6.07) is 3.44. The van der Waals surface area contributed by atoms with Crippen molar-refractivity contribution in [1.82, 2.24) is 0 Å². The summed E-state index contributed by atoms with van der Waals surface area (Å²) < 4.78 is 11.1. The lowest BCUT2D eigenvalue weighted by Crippen LogP contribution is -2.03. The highest BCUT2D eigenvalue weighted by atomic mass is 35.5. The zero-order chi connectivity index (χ0) is 16.1. The Kier molecular flexibility index (Phi) is 5.22. The van der Waals surface area contributed by atoms with Crippen LogP contribution in [0.15, 0.2) is 35.5 Å². The van der Waals surface area contributed by atoms with E-state index >= 15 is 0 Å². The van der Waals surface area contributed by atoms with E-state index in [0.717, 1.165) is 0 Å². The Morgan fingerprint density at radius 3 is 2.77 bits per heavy atom. The van der Waals surface area contributed by atoms with E-state index in [1.807, 2.05) is 6.92 Å². The van der Waals surface area contributed by atoms with Crippen LogP contribution in [0.2, 0.25) is 5.02 Å². The summed E-state index contributed by atoms with van der Waals surface area (Å²) >= 11 is 6.25. The highest BCUT2D eigenvalue weighted by Crippen LogP contribution is 2.37. The van der Waals surface area contributed by atoms with Crippen LogP contribution in [0.1, 0.15) is 19.4 Å². The van der Waals surface area contributed by atoms with Crippen molar-refractivity contribution in [2.75, 3.05) is 13.2 Å². The lowest BCUT2D eigenvalue weighted by molar-refractivity contribution is -0.136. The van der Waals surface area contributed by atoms with Crippen LogP contribution in [0.3, 0.4) is 0 Å². The molecule has 0 bridgehead atoms. The van der Waals surface area contributed by atoms with Gasteiger partial charge in [-0.2, -0.15) is 0 Å². The smallest absolute Gasteiger partial charge is 0.367 e. The minimum absolute atomic E-state index is 0.318. The first kappa shape index (κ1) is 16.1. The van der Waals surface area contributed by atoms with E-state index in [-0.39, 0.29) is 0 Å². The molecule has 1 aliphatic rings. The Morgan fingerprint density at radius 2 is 2.18 bits per heavy atom. The first-order chi connectivity index (χ1) is 10.6. The summed E-state index contributed by atoms with van der Waals surface area (Å²) in [6.45, 7) is 7.94.